The Labute approximate surface area is 111 Å². The molecule has 1 aliphatic heterocycles. The fourth-order valence-corrected chi connectivity index (χ4v) is 3.24. The van der Waals surface area contributed by atoms with Crippen LogP contribution >= 0.6 is 0 Å². The standard InChI is InChI=1S/C13H21F3N2O/c1-2-10-17-12(6-3-4-7-12)11(19)18(10)9-5-8-13(14,15)16/h10,17H,2-9H2,1H3. The largest absolute Gasteiger partial charge is 0.389 e. The van der Waals surface area contributed by atoms with E-state index in [1.165, 1.54) is 0 Å². The number of carbonyl (C=O) groups excluding carboxylic acids is 1. The second kappa shape index (κ2) is 5.31. The van der Waals surface area contributed by atoms with Crippen LogP contribution in [0.15, 0.2) is 0 Å². The maximum atomic E-state index is 12.4. The van der Waals surface area contributed by atoms with E-state index in [2.05, 4.69) is 5.32 Å². The molecule has 110 valence electrons. The van der Waals surface area contributed by atoms with Crippen LogP contribution in [-0.2, 0) is 4.79 Å². The highest BCUT2D eigenvalue weighted by atomic mass is 19.4. The third kappa shape index (κ3) is 3.04. The molecule has 2 fully saturated rings. The lowest BCUT2D eigenvalue weighted by Gasteiger charge is -2.23. The van der Waals surface area contributed by atoms with Gasteiger partial charge < -0.3 is 4.90 Å². The zero-order chi connectivity index (χ0) is 14.1. The molecule has 1 spiro atoms. The van der Waals surface area contributed by atoms with Gasteiger partial charge in [0.1, 0.15) is 0 Å². The SMILES string of the molecule is CCC1NC2(CCCC2)C(=O)N1CCCC(F)(F)F. The summed E-state index contributed by atoms with van der Waals surface area (Å²) in [4.78, 5) is 14.1. The van der Waals surface area contributed by atoms with Gasteiger partial charge in [-0.2, -0.15) is 13.2 Å². The van der Waals surface area contributed by atoms with Crippen molar-refractivity contribution >= 4 is 5.91 Å². The summed E-state index contributed by atoms with van der Waals surface area (Å²) < 4.78 is 36.5. The van der Waals surface area contributed by atoms with Crippen molar-refractivity contribution in [3.05, 3.63) is 0 Å². The summed E-state index contributed by atoms with van der Waals surface area (Å²) >= 11 is 0. The first kappa shape index (κ1) is 14.6. The van der Waals surface area contributed by atoms with Crippen molar-refractivity contribution in [2.24, 2.45) is 0 Å². The van der Waals surface area contributed by atoms with Gasteiger partial charge in [-0.15, -0.1) is 0 Å². The number of hydrogen-bond donors (Lipinski definition) is 1. The van der Waals surface area contributed by atoms with Crippen molar-refractivity contribution < 1.29 is 18.0 Å². The minimum Gasteiger partial charge on any atom is -0.326 e. The normalized spacial score (nSPS) is 26.6. The quantitative estimate of drug-likeness (QED) is 0.857. The van der Waals surface area contributed by atoms with Crippen molar-refractivity contribution in [1.82, 2.24) is 10.2 Å². The minimum absolute atomic E-state index is 0.0104. The van der Waals surface area contributed by atoms with Crippen LogP contribution in [0, 0.1) is 0 Å². The molecule has 1 atom stereocenters. The summed E-state index contributed by atoms with van der Waals surface area (Å²) in [5.74, 6) is 0.0130. The van der Waals surface area contributed by atoms with Crippen LogP contribution in [0.4, 0.5) is 13.2 Å². The zero-order valence-corrected chi connectivity index (χ0v) is 11.2. The Balaban J connectivity index is 1.96. The van der Waals surface area contributed by atoms with E-state index in [4.69, 9.17) is 0 Å². The maximum absolute atomic E-state index is 12.4. The summed E-state index contributed by atoms with van der Waals surface area (Å²) in [6, 6.07) is 0. The van der Waals surface area contributed by atoms with Crippen LogP contribution in [0.2, 0.25) is 0 Å². The average Bonchev–Trinajstić information content (AvgIpc) is 2.88. The molecule has 2 rings (SSSR count). The molecule has 0 aromatic rings. The molecule has 1 saturated carbocycles. The van der Waals surface area contributed by atoms with E-state index in [9.17, 15) is 18.0 Å². The Bertz CT molecular complexity index is 337. The van der Waals surface area contributed by atoms with Crippen LogP contribution in [-0.4, -0.2) is 35.2 Å². The van der Waals surface area contributed by atoms with Crippen LogP contribution < -0.4 is 5.32 Å². The number of carbonyl (C=O) groups is 1. The molecule has 1 amide bonds. The highest BCUT2D eigenvalue weighted by Crippen LogP contribution is 2.37. The predicted octanol–water partition coefficient (Wildman–Crippen LogP) is 2.81. The zero-order valence-electron chi connectivity index (χ0n) is 11.2. The highest BCUT2D eigenvalue weighted by molar-refractivity contribution is 5.89. The smallest absolute Gasteiger partial charge is 0.326 e. The molecule has 1 heterocycles. The number of nitrogens with zero attached hydrogens (tertiary/aromatic N) is 1. The molecular weight excluding hydrogens is 257 g/mol. The lowest BCUT2D eigenvalue weighted by Crippen LogP contribution is -2.44. The first-order valence-electron chi connectivity index (χ1n) is 7.03. The van der Waals surface area contributed by atoms with Crippen LogP contribution in [0.3, 0.4) is 0 Å². The van der Waals surface area contributed by atoms with Gasteiger partial charge in [-0.25, -0.2) is 0 Å². The van der Waals surface area contributed by atoms with E-state index in [1.54, 1.807) is 4.90 Å². The molecule has 2 aliphatic rings. The molecule has 1 saturated heterocycles. The molecule has 3 nitrogen and oxygen atoms in total. The predicted molar refractivity (Wildman–Crippen MR) is 65.4 cm³/mol. The molecule has 19 heavy (non-hydrogen) atoms. The number of rotatable bonds is 4. The van der Waals surface area contributed by atoms with Crippen molar-refractivity contribution in [3.8, 4) is 0 Å². The van der Waals surface area contributed by atoms with Gasteiger partial charge in [0.25, 0.3) is 0 Å². The van der Waals surface area contributed by atoms with Gasteiger partial charge in [0.2, 0.25) is 5.91 Å². The maximum Gasteiger partial charge on any atom is 0.389 e. The lowest BCUT2D eigenvalue weighted by molar-refractivity contribution is -0.141. The fraction of sp³-hybridized carbons (Fsp3) is 0.923. The topological polar surface area (TPSA) is 32.3 Å². The summed E-state index contributed by atoms with van der Waals surface area (Å²) in [5, 5.41) is 3.36. The number of alkyl halides is 3. The van der Waals surface area contributed by atoms with E-state index in [0.29, 0.717) is 0 Å². The monoisotopic (exact) mass is 278 g/mol. The fourth-order valence-electron chi connectivity index (χ4n) is 3.24. The van der Waals surface area contributed by atoms with E-state index in [-0.39, 0.29) is 25.0 Å². The Hall–Kier alpha value is -0.780. The first-order valence-corrected chi connectivity index (χ1v) is 7.03. The van der Waals surface area contributed by atoms with Crippen molar-refractivity contribution in [1.29, 1.82) is 0 Å². The van der Waals surface area contributed by atoms with Crippen LogP contribution in [0.25, 0.3) is 0 Å². The minimum atomic E-state index is -4.14. The molecular formula is C13H21F3N2O. The number of hydrogen-bond acceptors (Lipinski definition) is 2. The second-order valence-corrected chi connectivity index (χ2v) is 5.57. The van der Waals surface area contributed by atoms with Crippen molar-refractivity contribution in [2.75, 3.05) is 6.54 Å². The van der Waals surface area contributed by atoms with Gasteiger partial charge in [-0.3, -0.25) is 10.1 Å². The van der Waals surface area contributed by atoms with Gasteiger partial charge in [-0.05, 0) is 25.7 Å². The van der Waals surface area contributed by atoms with Crippen LogP contribution in [0.5, 0.6) is 0 Å². The van der Waals surface area contributed by atoms with E-state index < -0.39 is 18.1 Å². The molecule has 1 unspecified atom stereocenters. The lowest BCUT2D eigenvalue weighted by atomic mass is 9.98. The molecule has 6 heteroatoms. The molecule has 0 bridgehead atoms. The average molecular weight is 278 g/mol. The van der Waals surface area contributed by atoms with Gasteiger partial charge in [0.15, 0.2) is 0 Å². The van der Waals surface area contributed by atoms with Gasteiger partial charge in [-0.1, -0.05) is 19.8 Å². The number of amides is 1. The molecule has 0 aromatic carbocycles. The third-order valence-corrected chi connectivity index (χ3v) is 4.19. The molecule has 0 radical (unpaired) electrons. The van der Waals surface area contributed by atoms with Crippen molar-refractivity contribution in [2.45, 2.75) is 69.8 Å². The first-order chi connectivity index (χ1) is 8.88. The van der Waals surface area contributed by atoms with Gasteiger partial charge in [0, 0.05) is 13.0 Å². The highest BCUT2D eigenvalue weighted by Gasteiger charge is 2.51. The summed E-state index contributed by atoms with van der Waals surface area (Å²) in [6.07, 6.45) is -0.654. The summed E-state index contributed by atoms with van der Waals surface area (Å²) in [6.45, 7) is 2.15. The second-order valence-electron chi connectivity index (χ2n) is 5.57. The summed E-state index contributed by atoms with van der Waals surface area (Å²) in [5.41, 5.74) is -0.473. The van der Waals surface area contributed by atoms with Crippen molar-refractivity contribution in [3.63, 3.8) is 0 Å². The van der Waals surface area contributed by atoms with E-state index in [0.717, 1.165) is 32.1 Å². The number of nitrogens with one attached hydrogen (secondary N) is 1. The third-order valence-electron chi connectivity index (χ3n) is 4.19. The Morgan fingerprint density at radius 2 is 2.00 bits per heavy atom. The van der Waals surface area contributed by atoms with E-state index in [1.807, 2.05) is 6.92 Å². The Morgan fingerprint density at radius 3 is 2.53 bits per heavy atom. The van der Waals surface area contributed by atoms with E-state index >= 15 is 0 Å². The van der Waals surface area contributed by atoms with Gasteiger partial charge in [0.05, 0.1) is 11.7 Å². The van der Waals surface area contributed by atoms with Gasteiger partial charge >= 0.3 is 6.18 Å². The molecule has 1 N–H and O–H groups in total. The number of halogens is 3. The molecule has 1 aliphatic carbocycles. The van der Waals surface area contributed by atoms with Crippen LogP contribution in [0.1, 0.15) is 51.9 Å². The Kier molecular flexibility index (Phi) is 4.08. The Morgan fingerprint density at radius 1 is 1.37 bits per heavy atom. The molecule has 0 aromatic heterocycles. The summed E-state index contributed by atoms with van der Waals surface area (Å²) in [7, 11) is 0.